The van der Waals surface area contributed by atoms with E-state index in [-0.39, 0.29) is 47.5 Å². The molecule has 4 N–H and O–H groups in total. The average molecular weight is 646 g/mol. The maximum atomic E-state index is 14.5. The fourth-order valence-corrected chi connectivity index (χ4v) is 5.08. The summed E-state index contributed by atoms with van der Waals surface area (Å²) in [5, 5.41) is 25.0. The highest BCUT2D eigenvalue weighted by Crippen LogP contribution is 2.54. The van der Waals surface area contributed by atoms with Crippen molar-refractivity contribution in [1.29, 1.82) is 0 Å². The lowest BCUT2D eigenvalue weighted by Gasteiger charge is -2.33. The van der Waals surface area contributed by atoms with Crippen LogP contribution >= 0.6 is 11.6 Å². The summed E-state index contributed by atoms with van der Waals surface area (Å²) in [6, 6.07) is 4.90. The predicted molar refractivity (Wildman–Crippen MR) is 151 cm³/mol. The molecule has 1 aromatic heterocycles. The van der Waals surface area contributed by atoms with Gasteiger partial charge in [0.25, 0.3) is 5.91 Å². The van der Waals surface area contributed by atoms with Crippen LogP contribution in [-0.2, 0) is 15.9 Å². The number of pyridine rings is 1. The highest BCUT2D eigenvalue weighted by molar-refractivity contribution is 6.31. The van der Waals surface area contributed by atoms with Crippen molar-refractivity contribution < 1.29 is 51.9 Å². The number of nitrogens with zero attached hydrogens (tertiary/aromatic N) is 1. The summed E-state index contributed by atoms with van der Waals surface area (Å²) >= 11 is 6.29. The number of hydrogen-bond donors (Lipinski definition) is 4. The van der Waals surface area contributed by atoms with Crippen molar-refractivity contribution in [2.45, 2.75) is 69.6 Å². The molecule has 1 unspecified atom stereocenters. The van der Waals surface area contributed by atoms with E-state index in [0.29, 0.717) is 12.8 Å². The van der Waals surface area contributed by atoms with E-state index >= 15 is 0 Å². The van der Waals surface area contributed by atoms with Crippen molar-refractivity contribution in [3.8, 4) is 17.2 Å². The standard InChI is InChI=1S/C29H35ClF3N3O8/c1-15(37)12-42-19-9-6-16(10-20(19)41-5)24(38)34-13-28(40,29(31,32)33)21-11-18-22(23(30)35-21)43-14-27(18,17-7-8-17)36-25(39)44-26(2,3)4/h6,9-11,15,17,37,40H,7-8,12-14H2,1-5H3,(H,34,38)(H,36,39)/t15-,27+,28?/m1/s1. The first kappa shape index (κ1) is 33.4. The zero-order valence-electron chi connectivity index (χ0n) is 24.8. The van der Waals surface area contributed by atoms with Gasteiger partial charge in [0.05, 0.1) is 25.5 Å². The molecule has 0 radical (unpaired) electrons. The van der Waals surface area contributed by atoms with Crippen LogP contribution in [0, 0.1) is 5.92 Å². The first-order valence-corrected chi connectivity index (χ1v) is 14.2. The first-order chi connectivity index (χ1) is 20.4. The molecule has 44 heavy (non-hydrogen) atoms. The Hall–Kier alpha value is -3.49. The number of hydrogen-bond acceptors (Lipinski definition) is 9. The number of rotatable bonds is 10. The van der Waals surface area contributed by atoms with Crippen LogP contribution < -0.4 is 24.8 Å². The van der Waals surface area contributed by atoms with Crippen LogP contribution in [-0.4, -0.2) is 71.9 Å². The van der Waals surface area contributed by atoms with Gasteiger partial charge >= 0.3 is 12.3 Å². The Labute approximate surface area is 257 Å². The molecule has 1 saturated carbocycles. The van der Waals surface area contributed by atoms with Gasteiger partial charge in [-0.2, -0.15) is 13.2 Å². The topological polar surface area (TPSA) is 148 Å². The molecular weight excluding hydrogens is 611 g/mol. The van der Waals surface area contributed by atoms with Crippen molar-refractivity contribution in [2.24, 2.45) is 5.92 Å². The number of aliphatic hydroxyl groups excluding tert-OH is 1. The number of benzene rings is 1. The van der Waals surface area contributed by atoms with Crippen molar-refractivity contribution in [3.05, 3.63) is 46.2 Å². The minimum atomic E-state index is -5.32. The summed E-state index contributed by atoms with van der Waals surface area (Å²) < 4.78 is 65.4. The third kappa shape index (κ3) is 6.92. The Bertz CT molecular complexity index is 1410. The molecule has 15 heteroatoms. The summed E-state index contributed by atoms with van der Waals surface area (Å²) in [5.41, 5.74) is -6.67. The number of methoxy groups -OCH3 is 1. The maximum Gasteiger partial charge on any atom is 0.424 e. The van der Waals surface area contributed by atoms with E-state index in [9.17, 15) is 33.0 Å². The second-order valence-corrected chi connectivity index (χ2v) is 12.3. The van der Waals surface area contributed by atoms with Gasteiger partial charge in [0, 0.05) is 11.1 Å². The number of carbonyl (C=O) groups is 2. The minimum Gasteiger partial charge on any atom is -0.493 e. The quantitative estimate of drug-likeness (QED) is 0.279. The van der Waals surface area contributed by atoms with Crippen LogP contribution in [0.3, 0.4) is 0 Å². The largest absolute Gasteiger partial charge is 0.493 e. The van der Waals surface area contributed by atoms with Crippen LogP contribution in [0.15, 0.2) is 24.3 Å². The third-order valence-corrected chi connectivity index (χ3v) is 7.41. The molecule has 3 atom stereocenters. The number of alkyl halides is 3. The van der Waals surface area contributed by atoms with E-state index in [1.54, 1.807) is 20.8 Å². The Morgan fingerprint density at radius 2 is 1.89 bits per heavy atom. The van der Waals surface area contributed by atoms with Gasteiger partial charge in [0.1, 0.15) is 24.4 Å². The van der Waals surface area contributed by atoms with Gasteiger partial charge in [-0.1, -0.05) is 11.6 Å². The molecule has 2 amide bonds. The number of alkyl carbamates (subject to hydrolysis) is 1. The van der Waals surface area contributed by atoms with Crippen molar-refractivity contribution in [3.63, 3.8) is 0 Å². The number of aliphatic hydroxyl groups is 2. The monoisotopic (exact) mass is 645 g/mol. The van der Waals surface area contributed by atoms with Gasteiger partial charge < -0.3 is 39.8 Å². The van der Waals surface area contributed by atoms with Gasteiger partial charge in [-0.3, -0.25) is 4.79 Å². The zero-order chi connectivity index (χ0) is 32.7. The third-order valence-electron chi connectivity index (χ3n) is 7.16. The molecular formula is C29H35ClF3N3O8. The lowest BCUT2D eigenvalue weighted by Crippen LogP contribution is -2.52. The van der Waals surface area contributed by atoms with Crippen molar-refractivity contribution >= 4 is 23.6 Å². The van der Waals surface area contributed by atoms with E-state index < -0.39 is 58.4 Å². The normalized spacial score (nSPS) is 20.1. The smallest absolute Gasteiger partial charge is 0.424 e. The summed E-state index contributed by atoms with van der Waals surface area (Å²) in [5.74, 6) is -0.858. The van der Waals surface area contributed by atoms with Crippen LogP contribution in [0.4, 0.5) is 18.0 Å². The Balaban J connectivity index is 1.64. The van der Waals surface area contributed by atoms with Gasteiger partial charge in [0.15, 0.2) is 22.4 Å². The van der Waals surface area contributed by atoms with E-state index in [1.165, 1.54) is 32.2 Å². The number of fused-ring (bicyclic) bond motifs is 1. The lowest BCUT2D eigenvalue weighted by molar-refractivity contribution is -0.265. The number of nitrogens with one attached hydrogen (secondary N) is 2. The molecule has 2 aliphatic rings. The summed E-state index contributed by atoms with van der Waals surface area (Å²) in [6.45, 7) is 5.01. The number of halogens is 4. The number of aromatic nitrogens is 1. The van der Waals surface area contributed by atoms with E-state index in [0.717, 1.165) is 6.07 Å². The minimum absolute atomic E-state index is 0.0167. The molecule has 4 rings (SSSR count). The van der Waals surface area contributed by atoms with Gasteiger partial charge in [-0.05, 0) is 70.7 Å². The lowest BCUT2D eigenvalue weighted by atomic mass is 9.85. The average Bonchev–Trinajstić information content (AvgIpc) is 3.71. The molecule has 1 aliphatic carbocycles. The number of carbonyl (C=O) groups excluding carboxylic acids is 2. The van der Waals surface area contributed by atoms with Crippen LogP contribution in [0.2, 0.25) is 5.15 Å². The van der Waals surface area contributed by atoms with Gasteiger partial charge in [0.2, 0.25) is 5.60 Å². The van der Waals surface area contributed by atoms with Crippen LogP contribution in [0.25, 0.3) is 0 Å². The predicted octanol–water partition coefficient (Wildman–Crippen LogP) is 4.21. The fourth-order valence-electron chi connectivity index (χ4n) is 4.84. The second kappa shape index (κ2) is 12.1. The molecule has 0 bridgehead atoms. The Kier molecular flexibility index (Phi) is 9.21. The summed E-state index contributed by atoms with van der Waals surface area (Å²) in [7, 11) is 1.31. The Morgan fingerprint density at radius 1 is 1.20 bits per heavy atom. The van der Waals surface area contributed by atoms with Crippen molar-refractivity contribution in [2.75, 3.05) is 26.9 Å². The van der Waals surface area contributed by atoms with E-state index in [1.807, 2.05) is 0 Å². The molecule has 1 aliphatic heterocycles. The summed E-state index contributed by atoms with van der Waals surface area (Å²) in [4.78, 5) is 29.5. The second-order valence-electron chi connectivity index (χ2n) is 11.9. The van der Waals surface area contributed by atoms with E-state index in [2.05, 4.69) is 15.6 Å². The Morgan fingerprint density at radius 3 is 2.45 bits per heavy atom. The maximum absolute atomic E-state index is 14.5. The van der Waals surface area contributed by atoms with Crippen molar-refractivity contribution in [1.82, 2.24) is 15.6 Å². The van der Waals surface area contributed by atoms with E-state index in [4.69, 9.17) is 30.5 Å². The zero-order valence-corrected chi connectivity index (χ0v) is 25.6. The molecule has 0 spiro atoms. The summed E-state index contributed by atoms with van der Waals surface area (Å²) in [6.07, 6.45) is -5.59. The van der Waals surface area contributed by atoms with Crippen LogP contribution in [0.1, 0.15) is 62.2 Å². The number of amides is 2. The molecule has 11 nitrogen and oxygen atoms in total. The SMILES string of the molecule is COc1cc(C(=O)NCC(O)(c2cc3c(c(Cl)n2)OC[C@]3(NC(=O)OC(C)(C)C)C2CC2)C(F)(F)F)ccc1OC[C@@H](C)O. The van der Waals surface area contributed by atoms with Gasteiger partial charge in [-0.25, -0.2) is 9.78 Å². The highest BCUT2D eigenvalue weighted by Gasteiger charge is 2.59. The molecule has 1 aromatic carbocycles. The molecule has 2 heterocycles. The van der Waals surface area contributed by atoms with Crippen LogP contribution in [0.5, 0.6) is 17.2 Å². The molecule has 0 saturated heterocycles. The molecule has 242 valence electrons. The fraction of sp³-hybridized carbons (Fsp3) is 0.552. The number of ether oxygens (including phenoxy) is 4. The highest BCUT2D eigenvalue weighted by atomic mass is 35.5. The first-order valence-electron chi connectivity index (χ1n) is 13.8. The van der Waals surface area contributed by atoms with Gasteiger partial charge in [-0.15, -0.1) is 0 Å². The molecule has 2 aromatic rings. The molecule has 1 fully saturated rings.